The van der Waals surface area contributed by atoms with Gasteiger partial charge >= 0.3 is 18.1 Å². The Bertz CT molecular complexity index is 613. The van der Waals surface area contributed by atoms with Crippen molar-refractivity contribution in [2.75, 3.05) is 0 Å². The molecule has 0 aliphatic heterocycles. The van der Waals surface area contributed by atoms with Crippen molar-refractivity contribution >= 4 is 23.8 Å². The van der Waals surface area contributed by atoms with Gasteiger partial charge in [-0.05, 0) is 18.2 Å². The lowest BCUT2D eigenvalue weighted by atomic mass is 10.1. The summed E-state index contributed by atoms with van der Waals surface area (Å²) in [6.07, 6.45) is -5.31. The molecule has 0 fully saturated rings. The van der Waals surface area contributed by atoms with E-state index in [1.54, 1.807) is 0 Å². The Morgan fingerprint density at radius 1 is 1.19 bits per heavy atom. The fourth-order valence-corrected chi connectivity index (χ4v) is 1.18. The fraction of sp³-hybridized carbons (Fsp3) is 0.0909. The highest BCUT2D eigenvalue weighted by atomic mass is 19.4. The maximum absolute atomic E-state index is 11.9. The van der Waals surface area contributed by atoms with Gasteiger partial charge in [0.2, 0.25) is 0 Å². The second-order valence-electron chi connectivity index (χ2n) is 3.62. The van der Waals surface area contributed by atoms with Crippen LogP contribution in [-0.2, 0) is 9.53 Å². The van der Waals surface area contributed by atoms with Crippen molar-refractivity contribution in [2.45, 2.75) is 6.18 Å². The van der Waals surface area contributed by atoms with Gasteiger partial charge in [0.25, 0.3) is 5.91 Å². The van der Waals surface area contributed by atoms with Crippen LogP contribution in [0.3, 0.4) is 0 Å². The molecule has 1 aromatic carbocycles. The molecule has 112 valence electrons. The molecule has 0 bridgehead atoms. The molecule has 0 spiro atoms. The first-order chi connectivity index (χ1) is 9.61. The minimum absolute atomic E-state index is 0.154. The highest BCUT2D eigenvalue weighted by molar-refractivity contribution is 6.06. The Hall–Kier alpha value is -2.91. The third-order valence-corrected chi connectivity index (χ3v) is 2.03. The number of esters is 2. The maximum atomic E-state index is 11.9. The van der Waals surface area contributed by atoms with E-state index in [4.69, 9.17) is 11.1 Å². The van der Waals surface area contributed by atoms with E-state index in [2.05, 4.69) is 4.74 Å². The number of nitrogens with one attached hydrogen (secondary N) is 2. The third-order valence-electron chi connectivity index (χ3n) is 2.03. The zero-order chi connectivity index (χ0) is 16.2. The van der Waals surface area contributed by atoms with E-state index < -0.39 is 35.5 Å². The molecule has 0 aromatic heterocycles. The minimum Gasteiger partial charge on any atom is -0.383 e. The van der Waals surface area contributed by atoms with Gasteiger partial charge < -0.3 is 10.5 Å². The van der Waals surface area contributed by atoms with Crippen molar-refractivity contribution in [3.63, 3.8) is 0 Å². The average molecular weight is 303 g/mol. The molecule has 0 aliphatic carbocycles. The van der Waals surface area contributed by atoms with Gasteiger partial charge in [-0.2, -0.15) is 13.2 Å². The molecule has 0 heterocycles. The molecule has 0 unspecified atom stereocenters. The van der Waals surface area contributed by atoms with Crippen LogP contribution in [0, 0.1) is 5.41 Å². The van der Waals surface area contributed by atoms with Gasteiger partial charge in [0.15, 0.2) is 5.96 Å². The first-order valence-corrected chi connectivity index (χ1v) is 5.20. The SMILES string of the molecule is N=C(N)NC(=O)c1cccc(C(=O)OC(=O)C(F)(F)F)c1. The summed E-state index contributed by atoms with van der Waals surface area (Å²) < 4.78 is 39.5. The summed E-state index contributed by atoms with van der Waals surface area (Å²) in [6.45, 7) is 0. The molecular formula is C11H8F3N3O4. The van der Waals surface area contributed by atoms with E-state index in [-0.39, 0.29) is 5.56 Å². The standard InChI is InChI=1S/C11H8F3N3O4/c12-11(13,14)9(20)21-8(19)6-3-1-2-5(4-6)7(18)17-10(15)16/h1-4H,(H4,15,16,17,18). The van der Waals surface area contributed by atoms with Crippen LogP contribution in [0.25, 0.3) is 0 Å². The number of amides is 1. The molecule has 0 atom stereocenters. The molecule has 0 saturated carbocycles. The van der Waals surface area contributed by atoms with E-state index in [0.717, 1.165) is 12.1 Å². The number of halogens is 3. The predicted molar refractivity (Wildman–Crippen MR) is 62.3 cm³/mol. The highest BCUT2D eigenvalue weighted by Crippen LogP contribution is 2.18. The van der Waals surface area contributed by atoms with Crippen LogP contribution >= 0.6 is 0 Å². The van der Waals surface area contributed by atoms with Gasteiger partial charge in [-0.1, -0.05) is 6.07 Å². The summed E-state index contributed by atoms with van der Waals surface area (Å²) in [5.74, 6) is -5.72. The first-order valence-electron chi connectivity index (χ1n) is 5.20. The lowest BCUT2D eigenvalue weighted by Gasteiger charge is -2.07. The Kier molecular flexibility index (Phi) is 4.64. The number of rotatable bonds is 2. The van der Waals surface area contributed by atoms with Crippen LogP contribution in [0.5, 0.6) is 0 Å². The van der Waals surface area contributed by atoms with Gasteiger partial charge in [-0.25, -0.2) is 9.59 Å². The molecule has 0 aliphatic rings. The topological polar surface area (TPSA) is 122 Å². The number of guanidine groups is 1. The smallest absolute Gasteiger partial charge is 0.383 e. The summed E-state index contributed by atoms with van der Waals surface area (Å²) in [5, 5.41) is 8.77. The first kappa shape index (κ1) is 16.1. The monoisotopic (exact) mass is 303 g/mol. The van der Waals surface area contributed by atoms with Gasteiger partial charge in [0, 0.05) is 5.56 Å². The largest absolute Gasteiger partial charge is 0.491 e. The maximum Gasteiger partial charge on any atom is 0.491 e. The molecular weight excluding hydrogens is 295 g/mol. The summed E-state index contributed by atoms with van der Waals surface area (Å²) in [6, 6.07) is 4.35. The predicted octanol–water partition coefficient (Wildman–Crippen LogP) is 0.556. The normalized spacial score (nSPS) is 10.6. The van der Waals surface area contributed by atoms with Gasteiger partial charge in [0.05, 0.1) is 5.56 Å². The van der Waals surface area contributed by atoms with Crippen LogP contribution in [0.2, 0.25) is 0 Å². The summed E-state index contributed by atoms with van der Waals surface area (Å²) in [7, 11) is 0. The Labute approximate surface area is 115 Å². The van der Waals surface area contributed by atoms with Crippen LogP contribution in [-0.4, -0.2) is 30.0 Å². The molecule has 0 radical (unpaired) electrons. The van der Waals surface area contributed by atoms with E-state index >= 15 is 0 Å². The molecule has 0 saturated heterocycles. The van der Waals surface area contributed by atoms with Crippen LogP contribution in [0.1, 0.15) is 20.7 Å². The van der Waals surface area contributed by atoms with Gasteiger partial charge in [-0.15, -0.1) is 0 Å². The number of benzene rings is 1. The zero-order valence-electron chi connectivity index (χ0n) is 10.2. The van der Waals surface area contributed by atoms with Crippen molar-refractivity contribution in [1.82, 2.24) is 5.32 Å². The minimum atomic E-state index is -5.31. The molecule has 1 rings (SSSR count). The van der Waals surface area contributed by atoms with E-state index in [1.807, 2.05) is 5.32 Å². The Balaban J connectivity index is 2.90. The lowest BCUT2D eigenvalue weighted by Crippen LogP contribution is -2.35. The van der Waals surface area contributed by atoms with Crippen molar-refractivity contribution in [2.24, 2.45) is 5.73 Å². The summed E-state index contributed by atoms with van der Waals surface area (Å²) >= 11 is 0. The van der Waals surface area contributed by atoms with Gasteiger partial charge in [-0.3, -0.25) is 15.5 Å². The van der Waals surface area contributed by atoms with Crippen LogP contribution in [0.15, 0.2) is 24.3 Å². The molecule has 10 heteroatoms. The third kappa shape index (κ3) is 4.60. The highest BCUT2D eigenvalue weighted by Gasteiger charge is 2.42. The number of alkyl halides is 3. The van der Waals surface area contributed by atoms with Crippen LogP contribution in [0.4, 0.5) is 13.2 Å². The fourth-order valence-electron chi connectivity index (χ4n) is 1.18. The van der Waals surface area contributed by atoms with E-state index in [9.17, 15) is 27.6 Å². The number of carbonyl (C=O) groups is 3. The van der Waals surface area contributed by atoms with Crippen LogP contribution < -0.4 is 11.1 Å². The van der Waals surface area contributed by atoms with Crippen molar-refractivity contribution in [1.29, 1.82) is 5.41 Å². The number of carbonyl (C=O) groups excluding carboxylic acids is 3. The molecule has 4 N–H and O–H groups in total. The second-order valence-corrected chi connectivity index (χ2v) is 3.62. The van der Waals surface area contributed by atoms with E-state index in [1.165, 1.54) is 12.1 Å². The van der Waals surface area contributed by atoms with Crippen molar-refractivity contribution < 1.29 is 32.3 Å². The Morgan fingerprint density at radius 2 is 1.76 bits per heavy atom. The molecule has 1 amide bonds. The van der Waals surface area contributed by atoms with Gasteiger partial charge in [0.1, 0.15) is 0 Å². The quantitative estimate of drug-likeness (QED) is 0.319. The average Bonchev–Trinajstić information content (AvgIpc) is 2.36. The molecule has 7 nitrogen and oxygen atoms in total. The number of hydrogen-bond acceptors (Lipinski definition) is 5. The zero-order valence-corrected chi connectivity index (χ0v) is 10.2. The summed E-state index contributed by atoms with van der Waals surface area (Å²) in [4.78, 5) is 33.4. The summed E-state index contributed by atoms with van der Waals surface area (Å²) in [5.41, 5.74) is 4.34. The Morgan fingerprint density at radius 3 is 2.29 bits per heavy atom. The van der Waals surface area contributed by atoms with E-state index in [0.29, 0.717) is 0 Å². The number of hydrogen-bond donors (Lipinski definition) is 3. The lowest BCUT2D eigenvalue weighted by molar-refractivity contribution is -0.193. The molecule has 21 heavy (non-hydrogen) atoms. The van der Waals surface area contributed by atoms with Crippen molar-refractivity contribution in [3.8, 4) is 0 Å². The second kappa shape index (κ2) is 6.03. The van der Waals surface area contributed by atoms with Crippen molar-refractivity contribution in [3.05, 3.63) is 35.4 Å². The molecule has 1 aromatic rings. The number of ether oxygens (including phenoxy) is 1. The number of nitrogens with two attached hydrogens (primary N) is 1.